The van der Waals surface area contributed by atoms with E-state index >= 15 is 0 Å². The van der Waals surface area contributed by atoms with Gasteiger partial charge in [0.1, 0.15) is 0 Å². The fourth-order valence-corrected chi connectivity index (χ4v) is 2.43. The van der Waals surface area contributed by atoms with E-state index < -0.39 is 5.82 Å². The average Bonchev–Trinajstić information content (AvgIpc) is 2.42. The number of pyridine rings is 1. The van der Waals surface area contributed by atoms with Crippen molar-refractivity contribution in [2.75, 3.05) is 11.9 Å². The van der Waals surface area contributed by atoms with E-state index in [-0.39, 0.29) is 5.82 Å². The van der Waals surface area contributed by atoms with Crippen molar-refractivity contribution in [3.05, 3.63) is 52.4 Å². The molecule has 98 valence electrons. The number of halogens is 2. The number of hydrogen-bond acceptors (Lipinski definition) is 3. The molecular weight excluding hydrogens is 265 g/mol. The molecule has 0 atom stereocenters. The molecule has 2 N–H and O–H groups in total. The first-order chi connectivity index (χ1) is 9.24. The summed E-state index contributed by atoms with van der Waals surface area (Å²) in [6, 6.07) is 7.24. The second-order valence-electron chi connectivity index (χ2n) is 4.48. The van der Waals surface area contributed by atoms with Gasteiger partial charge in [0.2, 0.25) is 0 Å². The average molecular weight is 278 g/mol. The Kier molecular flexibility index (Phi) is 3.36. The summed E-state index contributed by atoms with van der Waals surface area (Å²) in [6.45, 7) is 1.78. The summed E-state index contributed by atoms with van der Waals surface area (Å²) in [7, 11) is 0. The Morgan fingerprint density at radius 2 is 2.26 bits per heavy atom. The molecule has 0 saturated carbocycles. The van der Waals surface area contributed by atoms with Crippen molar-refractivity contribution in [1.82, 2.24) is 10.3 Å². The molecule has 5 heteroatoms. The van der Waals surface area contributed by atoms with Crippen LogP contribution in [0.2, 0.25) is 5.02 Å². The number of nitrogens with zero attached hydrogens (tertiary/aromatic N) is 1. The molecule has 1 aliphatic rings. The molecule has 0 radical (unpaired) electrons. The molecule has 2 aromatic rings. The number of rotatable bonds is 2. The van der Waals surface area contributed by atoms with Crippen LogP contribution >= 0.6 is 11.6 Å². The maximum absolute atomic E-state index is 13.7. The van der Waals surface area contributed by atoms with Crippen molar-refractivity contribution in [3.8, 4) is 0 Å². The molecule has 0 unspecified atom stereocenters. The third-order valence-electron chi connectivity index (χ3n) is 3.20. The van der Waals surface area contributed by atoms with Gasteiger partial charge in [0.05, 0.1) is 5.02 Å². The van der Waals surface area contributed by atoms with Gasteiger partial charge in [-0.05, 0) is 36.2 Å². The van der Waals surface area contributed by atoms with Crippen LogP contribution in [-0.2, 0) is 13.0 Å². The van der Waals surface area contributed by atoms with Crippen LogP contribution in [0.5, 0.6) is 0 Å². The zero-order valence-electron chi connectivity index (χ0n) is 10.2. The van der Waals surface area contributed by atoms with E-state index in [1.165, 1.54) is 23.4 Å². The normalized spacial score (nSPS) is 14.0. The summed E-state index contributed by atoms with van der Waals surface area (Å²) < 4.78 is 13.7. The van der Waals surface area contributed by atoms with Gasteiger partial charge in [-0.3, -0.25) is 0 Å². The van der Waals surface area contributed by atoms with Gasteiger partial charge in [-0.15, -0.1) is 0 Å². The summed E-state index contributed by atoms with van der Waals surface area (Å²) in [6.07, 6.45) is 2.36. The maximum Gasteiger partial charge on any atom is 0.167 e. The van der Waals surface area contributed by atoms with Gasteiger partial charge >= 0.3 is 0 Å². The van der Waals surface area contributed by atoms with Gasteiger partial charge < -0.3 is 10.6 Å². The van der Waals surface area contributed by atoms with Crippen LogP contribution in [0.3, 0.4) is 0 Å². The molecule has 0 spiro atoms. The molecule has 2 heterocycles. The third kappa shape index (κ3) is 2.55. The smallest absolute Gasteiger partial charge is 0.167 e. The summed E-state index contributed by atoms with van der Waals surface area (Å²) in [5.74, 6) is -0.240. The van der Waals surface area contributed by atoms with Gasteiger partial charge in [-0.2, -0.15) is 0 Å². The zero-order chi connectivity index (χ0) is 13.2. The lowest BCUT2D eigenvalue weighted by Crippen LogP contribution is -2.24. The highest BCUT2D eigenvalue weighted by Crippen LogP contribution is 2.27. The molecular formula is C14H13ClFN3. The predicted molar refractivity (Wildman–Crippen MR) is 74.3 cm³/mol. The van der Waals surface area contributed by atoms with Crippen LogP contribution in [-0.4, -0.2) is 11.5 Å². The molecule has 0 amide bonds. The van der Waals surface area contributed by atoms with E-state index in [1.807, 2.05) is 12.1 Å². The summed E-state index contributed by atoms with van der Waals surface area (Å²) in [4.78, 5) is 3.99. The van der Waals surface area contributed by atoms with Crippen LogP contribution in [0.25, 0.3) is 0 Å². The summed E-state index contributed by atoms with van der Waals surface area (Å²) in [5, 5.41) is 6.66. The lowest BCUT2D eigenvalue weighted by Gasteiger charge is -2.20. The highest BCUT2D eigenvalue weighted by Gasteiger charge is 2.14. The maximum atomic E-state index is 13.7. The topological polar surface area (TPSA) is 37.0 Å². The Labute approximate surface area is 115 Å². The van der Waals surface area contributed by atoms with Crippen molar-refractivity contribution in [2.45, 2.75) is 13.0 Å². The molecule has 1 aliphatic heterocycles. The van der Waals surface area contributed by atoms with Crippen molar-refractivity contribution in [2.24, 2.45) is 0 Å². The van der Waals surface area contributed by atoms with Gasteiger partial charge in [-0.25, -0.2) is 9.37 Å². The SMILES string of the molecule is Fc1cc(Cl)cnc1Nc1cccc2c1CCNC2. The standard InChI is InChI=1S/C14H13ClFN3/c15-10-6-12(16)14(18-8-10)19-13-3-1-2-9-7-17-5-4-11(9)13/h1-3,6,8,17H,4-5,7H2,(H,18,19). The molecule has 19 heavy (non-hydrogen) atoms. The van der Waals surface area contributed by atoms with Crippen LogP contribution in [0.15, 0.2) is 30.5 Å². The fourth-order valence-electron chi connectivity index (χ4n) is 2.28. The van der Waals surface area contributed by atoms with E-state index in [9.17, 15) is 4.39 Å². The lowest BCUT2D eigenvalue weighted by atomic mass is 9.99. The Balaban J connectivity index is 1.95. The zero-order valence-corrected chi connectivity index (χ0v) is 11.0. The molecule has 1 aromatic heterocycles. The van der Waals surface area contributed by atoms with Crippen molar-refractivity contribution in [3.63, 3.8) is 0 Å². The van der Waals surface area contributed by atoms with E-state index in [1.54, 1.807) is 0 Å². The minimum Gasteiger partial charge on any atom is -0.338 e. The Morgan fingerprint density at radius 3 is 3.11 bits per heavy atom. The first-order valence-corrected chi connectivity index (χ1v) is 6.51. The van der Waals surface area contributed by atoms with Gasteiger partial charge in [0.25, 0.3) is 0 Å². The van der Waals surface area contributed by atoms with Gasteiger partial charge in [0.15, 0.2) is 11.6 Å². The van der Waals surface area contributed by atoms with Crippen LogP contribution in [0.4, 0.5) is 15.9 Å². The first kappa shape index (κ1) is 12.4. The molecule has 0 aliphatic carbocycles. The molecule has 3 rings (SSSR count). The third-order valence-corrected chi connectivity index (χ3v) is 3.41. The van der Waals surface area contributed by atoms with Crippen LogP contribution < -0.4 is 10.6 Å². The van der Waals surface area contributed by atoms with Gasteiger partial charge in [-0.1, -0.05) is 23.7 Å². The number of hydrogen-bond donors (Lipinski definition) is 2. The number of anilines is 2. The second-order valence-corrected chi connectivity index (χ2v) is 4.92. The fraction of sp³-hybridized carbons (Fsp3) is 0.214. The van der Waals surface area contributed by atoms with E-state index in [4.69, 9.17) is 11.6 Å². The van der Waals surface area contributed by atoms with Crippen molar-refractivity contribution in [1.29, 1.82) is 0 Å². The summed E-state index contributed by atoms with van der Waals surface area (Å²) >= 11 is 5.70. The highest BCUT2D eigenvalue weighted by molar-refractivity contribution is 6.30. The molecule has 0 bridgehead atoms. The Morgan fingerprint density at radius 1 is 1.37 bits per heavy atom. The highest BCUT2D eigenvalue weighted by atomic mass is 35.5. The molecule has 0 saturated heterocycles. The number of benzene rings is 1. The minimum absolute atomic E-state index is 0.205. The molecule has 1 aromatic carbocycles. The first-order valence-electron chi connectivity index (χ1n) is 6.13. The number of aromatic nitrogens is 1. The minimum atomic E-state index is -0.445. The van der Waals surface area contributed by atoms with Crippen LogP contribution in [0, 0.1) is 5.82 Å². The van der Waals surface area contributed by atoms with E-state index in [0.29, 0.717) is 5.02 Å². The van der Waals surface area contributed by atoms with Gasteiger partial charge in [0, 0.05) is 18.4 Å². The van der Waals surface area contributed by atoms with E-state index in [0.717, 1.165) is 25.2 Å². The monoisotopic (exact) mass is 277 g/mol. The van der Waals surface area contributed by atoms with Crippen LogP contribution in [0.1, 0.15) is 11.1 Å². The Bertz CT molecular complexity index is 616. The molecule has 0 fully saturated rings. The van der Waals surface area contributed by atoms with E-state index in [2.05, 4.69) is 21.7 Å². The Hall–Kier alpha value is -1.65. The summed E-state index contributed by atoms with van der Waals surface area (Å²) in [5.41, 5.74) is 3.37. The number of nitrogens with one attached hydrogen (secondary N) is 2. The second kappa shape index (κ2) is 5.15. The quantitative estimate of drug-likeness (QED) is 0.885. The van der Waals surface area contributed by atoms with Crippen molar-refractivity contribution >= 4 is 23.1 Å². The van der Waals surface area contributed by atoms with Crippen molar-refractivity contribution < 1.29 is 4.39 Å². The largest absolute Gasteiger partial charge is 0.338 e. The lowest BCUT2D eigenvalue weighted by molar-refractivity contribution is 0.626. The predicted octanol–water partition coefficient (Wildman–Crippen LogP) is 3.26. The molecule has 3 nitrogen and oxygen atoms in total. The number of fused-ring (bicyclic) bond motifs is 1.